The Kier molecular flexibility index (Phi) is 6.87. The van der Waals surface area contributed by atoms with Crippen molar-refractivity contribution in [3.05, 3.63) is 113 Å². The summed E-state index contributed by atoms with van der Waals surface area (Å²) in [5.41, 5.74) is 3.66. The molecule has 33 heavy (non-hydrogen) atoms. The number of phenolic OH excluding ortho intramolecular Hbond substituents is 1. The highest BCUT2D eigenvalue weighted by atomic mass is 35.5. The fraction of sp³-hybridized carbons (Fsp3) is 0. The van der Waals surface area contributed by atoms with Gasteiger partial charge in [-0.3, -0.25) is 9.79 Å². The number of benzene rings is 4. The summed E-state index contributed by atoms with van der Waals surface area (Å²) in [4.78, 5) is 16.6. The third kappa shape index (κ3) is 6.12. The van der Waals surface area contributed by atoms with Crippen molar-refractivity contribution in [2.24, 2.45) is 15.2 Å². The lowest BCUT2D eigenvalue weighted by molar-refractivity contribution is 0.102. The Labute approximate surface area is 195 Å². The van der Waals surface area contributed by atoms with Crippen molar-refractivity contribution in [3.63, 3.8) is 0 Å². The smallest absolute Gasteiger partial charge is 0.255 e. The Bertz CT molecular complexity index is 1300. The maximum Gasteiger partial charge on any atom is 0.255 e. The number of carbonyl (C=O) groups excluding carboxylic acids is 1. The maximum absolute atomic E-state index is 12.2. The first kappa shape index (κ1) is 21.9. The normalized spacial score (nSPS) is 11.2. The number of nitrogens with zero attached hydrogens (tertiary/aromatic N) is 3. The number of carbonyl (C=O) groups is 1. The molecule has 0 bridgehead atoms. The predicted octanol–water partition coefficient (Wildman–Crippen LogP) is 7.46. The largest absolute Gasteiger partial charge is 0.507 e. The molecule has 0 saturated carbocycles. The standard InChI is InChI=1S/C26H19ClN4O2/c27-20-6-8-23(9-7-20)30-31-24-14-15-25(32)19(16-24)17-28-21-10-12-22(13-11-21)29-26(33)18-4-2-1-3-5-18/h1-17,32H,(H,29,33). The SMILES string of the molecule is O=C(Nc1ccc(N=Cc2cc(N=Nc3ccc(Cl)cc3)ccc2O)cc1)c1ccccc1. The molecule has 0 aromatic heterocycles. The lowest BCUT2D eigenvalue weighted by atomic mass is 10.2. The molecule has 2 N–H and O–H groups in total. The average Bonchev–Trinajstić information content (AvgIpc) is 2.85. The van der Waals surface area contributed by atoms with Crippen molar-refractivity contribution in [2.75, 3.05) is 5.32 Å². The molecule has 0 atom stereocenters. The molecule has 0 spiro atoms. The number of azo groups is 1. The quantitative estimate of drug-likeness (QED) is 0.234. The van der Waals surface area contributed by atoms with Crippen LogP contribution in [0.2, 0.25) is 5.02 Å². The molecule has 4 aromatic carbocycles. The molecule has 6 nitrogen and oxygen atoms in total. The van der Waals surface area contributed by atoms with Gasteiger partial charge in [0, 0.05) is 28.1 Å². The first-order valence-corrected chi connectivity index (χ1v) is 10.5. The summed E-state index contributed by atoms with van der Waals surface area (Å²) in [5, 5.41) is 22.0. The van der Waals surface area contributed by atoms with Crippen molar-refractivity contribution < 1.29 is 9.90 Å². The fourth-order valence-electron chi connectivity index (χ4n) is 2.90. The van der Waals surface area contributed by atoms with E-state index in [0.29, 0.717) is 38.9 Å². The number of nitrogens with one attached hydrogen (secondary N) is 1. The molecule has 4 rings (SSSR count). The number of halogens is 1. The van der Waals surface area contributed by atoms with Crippen LogP contribution in [0.5, 0.6) is 5.75 Å². The Morgan fingerprint density at radius 2 is 1.42 bits per heavy atom. The molecule has 0 radical (unpaired) electrons. The van der Waals surface area contributed by atoms with Gasteiger partial charge in [0.05, 0.1) is 17.1 Å². The molecule has 7 heteroatoms. The Morgan fingerprint density at radius 3 is 2.15 bits per heavy atom. The summed E-state index contributed by atoms with van der Waals surface area (Å²) in [6.45, 7) is 0. The highest BCUT2D eigenvalue weighted by molar-refractivity contribution is 6.30. The monoisotopic (exact) mass is 454 g/mol. The van der Waals surface area contributed by atoms with Gasteiger partial charge in [0.2, 0.25) is 0 Å². The molecule has 0 saturated heterocycles. The van der Waals surface area contributed by atoms with E-state index in [1.807, 2.05) is 18.2 Å². The number of aromatic hydroxyl groups is 1. The van der Waals surface area contributed by atoms with E-state index >= 15 is 0 Å². The number of aliphatic imine (C=N–C) groups is 1. The van der Waals surface area contributed by atoms with Crippen molar-refractivity contribution in [1.29, 1.82) is 0 Å². The number of hydrogen-bond donors (Lipinski definition) is 2. The Balaban J connectivity index is 1.43. The molecule has 0 aliphatic carbocycles. The van der Waals surface area contributed by atoms with Gasteiger partial charge in [-0.2, -0.15) is 10.2 Å². The predicted molar refractivity (Wildman–Crippen MR) is 132 cm³/mol. The fourth-order valence-corrected chi connectivity index (χ4v) is 3.02. The number of rotatable bonds is 6. The zero-order chi connectivity index (χ0) is 23.0. The second kappa shape index (κ2) is 10.3. The molecule has 0 fully saturated rings. The number of amides is 1. The summed E-state index contributed by atoms with van der Waals surface area (Å²) in [5.74, 6) is -0.0997. The minimum Gasteiger partial charge on any atom is -0.507 e. The lowest BCUT2D eigenvalue weighted by Crippen LogP contribution is -2.11. The van der Waals surface area contributed by atoms with Gasteiger partial charge in [-0.1, -0.05) is 29.8 Å². The third-order valence-corrected chi connectivity index (χ3v) is 4.88. The van der Waals surface area contributed by atoms with Crippen LogP contribution in [-0.2, 0) is 0 Å². The molecular weight excluding hydrogens is 436 g/mol. The third-order valence-electron chi connectivity index (χ3n) is 4.63. The van der Waals surface area contributed by atoms with E-state index in [9.17, 15) is 9.90 Å². The Hall–Kier alpha value is -4.29. The molecule has 162 valence electrons. The van der Waals surface area contributed by atoms with E-state index in [2.05, 4.69) is 20.5 Å². The van der Waals surface area contributed by atoms with Gasteiger partial charge < -0.3 is 10.4 Å². The summed E-state index contributed by atoms with van der Waals surface area (Å²) in [6.07, 6.45) is 1.55. The van der Waals surface area contributed by atoms with E-state index in [-0.39, 0.29) is 11.7 Å². The van der Waals surface area contributed by atoms with Crippen LogP contribution in [0.4, 0.5) is 22.7 Å². The molecule has 0 aliphatic heterocycles. The van der Waals surface area contributed by atoms with E-state index in [1.165, 1.54) is 0 Å². The van der Waals surface area contributed by atoms with Crippen molar-refractivity contribution in [3.8, 4) is 5.75 Å². The number of hydrogen-bond acceptors (Lipinski definition) is 5. The minimum atomic E-state index is -0.179. The van der Waals surface area contributed by atoms with E-state index in [1.54, 1.807) is 85.1 Å². The van der Waals surface area contributed by atoms with Crippen molar-refractivity contribution in [2.45, 2.75) is 0 Å². The summed E-state index contributed by atoms with van der Waals surface area (Å²) < 4.78 is 0. The van der Waals surface area contributed by atoms with Crippen LogP contribution in [0.3, 0.4) is 0 Å². The summed E-state index contributed by atoms with van der Waals surface area (Å²) in [7, 11) is 0. The van der Waals surface area contributed by atoms with Gasteiger partial charge in [-0.25, -0.2) is 0 Å². The van der Waals surface area contributed by atoms with E-state index < -0.39 is 0 Å². The maximum atomic E-state index is 12.2. The Morgan fingerprint density at radius 1 is 0.788 bits per heavy atom. The van der Waals surface area contributed by atoms with Crippen LogP contribution in [0, 0.1) is 0 Å². The van der Waals surface area contributed by atoms with Crippen LogP contribution in [-0.4, -0.2) is 17.2 Å². The van der Waals surface area contributed by atoms with E-state index in [0.717, 1.165) is 0 Å². The minimum absolute atomic E-state index is 0.0796. The number of phenols is 1. The molecule has 0 unspecified atom stereocenters. The zero-order valence-electron chi connectivity index (χ0n) is 17.4. The van der Waals surface area contributed by atoms with Gasteiger partial charge >= 0.3 is 0 Å². The summed E-state index contributed by atoms with van der Waals surface area (Å²) >= 11 is 5.88. The van der Waals surface area contributed by atoms with Gasteiger partial charge in [0.1, 0.15) is 5.75 Å². The molecule has 0 heterocycles. The van der Waals surface area contributed by atoms with E-state index in [4.69, 9.17) is 11.6 Å². The van der Waals surface area contributed by atoms with Gasteiger partial charge in [-0.15, -0.1) is 0 Å². The highest BCUT2D eigenvalue weighted by Crippen LogP contribution is 2.25. The first-order valence-electron chi connectivity index (χ1n) is 10.1. The highest BCUT2D eigenvalue weighted by Gasteiger charge is 2.05. The lowest BCUT2D eigenvalue weighted by Gasteiger charge is -2.05. The van der Waals surface area contributed by atoms with Gasteiger partial charge in [0.15, 0.2) is 0 Å². The van der Waals surface area contributed by atoms with Crippen molar-refractivity contribution >= 4 is 46.5 Å². The second-order valence-electron chi connectivity index (χ2n) is 7.04. The van der Waals surface area contributed by atoms with Crippen LogP contribution < -0.4 is 5.32 Å². The van der Waals surface area contributed by atoms with Gasteiger partial charge in [-0.05, 0) is 78.9 Å². The van der Waals surface area contributed by atoms with Crippen molar-refractivity contribution in [1.82, 2.24) is 0 Å². The zero-order valence-corrected chi connectivity index (χ0v) is 18.1. The average molecular weight is 455 g/mol. The molecule has 1 amide bonds. The van der Waals surface area contributed by atoms with Crippen LogP contribution in [0.25, 0.3) is 0 Å². The topological polar surface area (TPSA) is 86.4 Å². The van der Waals surface area contributed by atoms with Crippen LogP contribution >= 0.6 is 11.6 Å². The second-order valence-corrected chi connectivity index (χ2v) is 7.48. The summed E-state index contributed by atoms with van der Waals surface area (Å²) in [6, 6.07) is 28.0. The molecular formula is C26H19ClN4O2. The molecule has 4 aromatic rings. The van der Waals surface area contributed by atoms with Gasteiger partial charge in [0.25, 0.3) is 5.91 Å². The van der Waals surface area contributed by atoms with Crippen LogP contribution in [0.1, 0.15) is 15.9 Å². The first-order chi connectivity index (χ1) is 16.1. The number of anilines is 1. The molecule has 0 aliphatic rings. The van der Waals surface area contributed by atoms with Crippen LogP contribution in [0.15, 0.2) is 112 Å².